The van der Waals surface area contributed by atoms with E-state index in [9.17, 15) is 22.8 Å². The van der Waals surface area contributed by atoms with Crippen molar-refractivity contribution in [2.45, 2.75) is 12.7 Å². The van der Waals surface area contributed by atoms with Crippen molar-refractivity contribution < 1.29 is 22.8 Å². The van der Waals surface area contributed by atoms with Crippen LogP contribution < -0.4 is 10.6 Å². The molecule has 0 saturated heterocycles. The van der Waals surface area contributed by atoms with E-state index in [1.54, 1.807) is 11.9 Å². The minimum Gasteiger partial charge on any atom is -0.358 e. The Hall–Kier alpha value is -2.09. The van der Waals surface area contributed by atoms with Gasteiger partial charge in [0.25, 0.3) is 0 Å². The molecule has 0 aromatic heterocycles. The van der Waals surface area contributed by atoms with Crippen LogP contribution in [-0.2, 0) is 22.3 Å². The lowest BCUT2D eigenvalue weighted by Gasteiger charge is -2.16. The molecule has 0 heterocycles. The Labute approximate surface area is 126 Å². The van der Waals surface area contributed by atoms with Crippen LogP contribution in [-0.4, -0.2) is 43.9 Å². The molecule has 1 aromatic carbocycles. The van der Waals surface area contributed by atoms with Crippen LogP contribution in [0.3, 0.4) is 0 Å². The Kier molecular flexibility index (Phi) is 6.36. The molecule has 0 radical (unpaired) electrons. The molecule has 5 nitrogen and oxygen atoms in total. The van der Waals surface area contributed by atoms with Gasteiger partial charge in [-0.3, -0.25) is 14.5 Å². The Morgan fingerprint density at radius 1 is 1.14 bits per heavy atom. The first-order valence-electron chi connectivity index (χ1n) is 6.54. The van der Waals surface area contributed by atoms with Crippen molar-refractivity contribution in [2.24, 2.45) is 0 Å². The van der Waals surface area contributed by atoms with E-state index in [0.717, 1.165) is 12.1 Å². The van der Waals surface area contributed by atoms with Gasteiger partial charge in [-0.2, -0.15) is 13.2 Å². The number of benzene rings is 1. The molecule has 0 saturated carbocycles. The van der Waals surface area contributed by atoms with Gasteiger partial charge in [-0.15, -0.1) is 0 Å². The van der Waals surface area contributed by atoms with Crippen molar-refractivity contribution in [3.05, 3.63) is 35.4 Å². The highest BCUT2D eigenvalue weighted by atomic mass is 19.4. The highest BCUT2D eigenvalue weighted by Gasteiger charge is 2.29. The third kappa shape index (κ3) is 6.13. The lowest BCUT2D eigenvalue weighted by molar-refractivity contribution is -0.137. The number of hydrogen-bond acceptors (Lipinski definition) is 3. The predicted octanol–water partition coefficient (Wildman–Crippen LogP) is 0.999. The topological polar surface area (TPSA) is 61.4 Å². The van der Waals surface area contributed by atoms with Crippen LogP contribution in [0.1, 0.15) is 11.1 Å². The summed E-state index contributed by atoms with van der Waals surface area (Å²) in [5, 5.41) is 4.81. The van der Waals surface area contributed by atoms with Crippen LogP contribution in [0.4, 0.5) is 13.2 Å². The molecule has 122 valence electrons. The number of carbonyl (C=O) groups excluding carboxylic acids is 2. The van der Waals surface area contributed by atoms with Crippen molar-refractivity contribution in [1.29, 1.82) is 0 Å². The Balaban J connectivity index is 2.46. The first-order chi connectivity index (χ1) is 10.2. The maximum atomic E-state index is 12.4. The highest BCUT2D eigenvalue weighted by molar-refractivity contribution is 5.85. The summed E-state index contributed by atoms with van der Waals surface area (Å²) in [6.07, 6.45) is -4.36. The second kappa shape index (κ2) is 7.79. The van der Waals surface area contributed by atoms with E-state index in [0.29, 0.717) is 12.1 Å². The summed E-state index contributed by atoms with van der Waals surface area (Å²) in [7, 11) is 3.13. The van der Waals surface area contributed by atoms with Crippen LogP contribution in [0.15, 0.2) is 24.3 Å². The van der Waals surface area contributed by atoms with Crippen molar-refractivity contribution in [3.8, 4) is 0 Å². The molecule has 0 fully saturated rings. The summed E-state index contributed by atoms with van der Waals surface area (Å²) in [5.74, 6) is -0.642. The fourth-order valence-corrected chi connectivity index (χ4v) is 1.74. The molecule has 0 aliphatic carbocycles. The molecule has 2 N–H and O–H groups in total. The van der Waals surface area contributed by atoms with Gasteiger partial charge < -0.3 is 10.6 Å². The summed E-state index contributed by atoms with van der Waals surface area (Å²) < 4.78 is 37.3. The molecule has 0 bridgehead atoms. The third-order valence-corrected chi connectivity index (χ3v) is 2.87. The standard InChI is InChI=1S/C14H18F3N3O2/c1-18-12(21)7-19-13(22)9-20(2)8-10-3-5-11(6-4-10)14(15,16)17/h3-6H,7-9H2,1-2H3,(H,18,21)(H,19,22). The normalized spacial score (nSPS) is 11.4. The van der Waals surface area contributed by atoms with Crippen molar-refractivity contribution in [1.82, 2.24) is 15.5 Å². The fraction of sp³-hybridized carbons (Fsp3) is 0.429. The molecule has 0 unspecified atom stereocenters. The van der Waals surface area contributed by atoms with E-state index < -0.39 is 11.7 Å². The molecule has 22 heavy (non-hydrogen) atoms. The summed E-state index contributed by atoms with van der Waals surface area (Å²) in [6.45, 7) is 0.257. The van der Waals surface area contributed by atoms with Gasteiger partial charge in [0.2, 0.25) is 11.8 Å². The maximum Gasteiger partial charge on any atom is 0.416 e. The van der Waals surface area contributed by atoms with E-state index in [2.05, 4.69) is 10.6 Å². The van der Waals surface area contributed by atoms with Gasteiger partial charge >= 0.3 is 6.18 Å². The minimum absolute atomic E-state index is 0.0397. The Bertz CT molecular complexity index is 515. The van der Waals surface area contributed by atoms with Gasteiger partial charge in [-0.1, -0.05) is 12.1 Å². The molecule has 8 heteroatoms. The fourth-order valence-electron chi connectivity index (χ4n) is 1.74. The first-order valence-corrected chi connectivity index (χ1v) is 6.54. The summed E-state index contributed by atoms with van der Waals surface area (Å²) in [6, 6.07) is 4.77. The van der Waals surface area contributed by atoms with Gasteiger partial charge in [0.15, 0.2) is 0 Å². The van der Waals surface area contributed by atoms with Crippen LogP contribution in [0.2, 0.25) is 0 Å². The molecule has 0 aliphatic rings. The van der Waals surface area contributed by atoms with Crippen molar-refractivity contribution in [3.63, 3.8) is 0 Å². The molecule has 1 aromatic rings. The molecular weight excluding hydrogens is 299 g/mol. The average Bonchev–Trinajstić information content (AvgIpc) is 2.44. The molecule has 0 aliphatic heterocycles. The lowest BCUT2D eigenvalue weighted by Crippen LogP contribution is -2.40. The number of nitrogens with one attached hydrogen (secondary N) is 2. The Morgan fingerprint density at radius 3 is 2.23 bits per heavy atom. The summed E-state index contributed by atoms with van der Waals surface area (Å²) >= 11 is 0. The van der Waals surface area contributed by atoms with Gasteiger partial charge in [-0.05, 0) is 24.7 Å². The van der Waals surface area contributed by atoms with E-state index in [-0.39, 0.29) is 24.9 Å². The third-order valence-electron chi connectivity index (χ3n) is 2.87. The zero-order valence-electron chi connectivity index (χ0n) is 12.3. The number of likely N-dealkylation sites (N-methyl/N-ethyl adjacent to an activating group) is 2. The lowest BCUT2D eigenvalue weighted by atomic mass is 10.1. The van der Waals surface area contributed by atoms with Crippen molar-refractivity contribution in [2.75, 3.05) is 27.2 Å². The quantitative estimate of drug-likeness (QED) is 0.823. The van der Waals surface area contributed by atoms with Crippen molar-refractivity contribution >= 4 is 11.8 Å². The van der Waals surface area contributed by atoms with Gasteiger partial charge in [-0.25, -0.2) is 0 Å². The SMILES string of the molecule is CNC(=O)CNC(=O)CN(C)Cc1ccc(C(F)(F)F)cc1. The van der Waals surface area contributed by atoms with Crippen LogP contribution in [0, 0.1) is 0 Å². The predicted molar refractivity (Wildman–Crippen MR) is 74.9 cm³/mol. The number of hydrogen-bond donors (Lipinski definition) is 2. The number of alkyl halides is 3. The summed E-state index contributed by atoms with van der Waals surface area (Å²) in [5.41, 5.74) is -0.0446. The molecule has 1 rings (SSSR count). The monoisotopic (exact) mass is 317 g/mol. The van der Waals surface area contributed by atoms with Gasteiger partial charge in [0.1, 0.15) is 0 Å². The first kappa shape index (κ1) is 18.0. The smallest absolute Gasteiger partial charge is 0.358 e. The highest BCUT2D eigenvalue weighted by Crippen LogP contribution is 2.29. The van der Waals surface area contributed by atoms with Crippen LogP contribution in [0.5, 0.6) is 0 Å². The van der Waals surface area contributed by atoms with Crippen LogP contribution in [0.25, 0.3) is 0 Å². The zero-order chi connectivity index (χ0) is 16.8. The minimum atomic E-state index is -4.36. The zero-order valence-corrected chi connectivity index (χ0v) is 12.3. The number of nitrogens with zero attached hydrogens (tertiary/aromatic N) is 1. The van der Waals surface area contributed by atoms with E-state index in [1.807, 2.05) is 0 Å². The molecule has 2 amide bonds. The van der Waals surface area contributed by atoms with Crippen LogP contribution >= 0.6 is 0 Å². The second-order valence-electron chi connectivity index (χ2n) is 4.82. The summed E-state index contributed by atoms with van der Waals surface area (Å²) in [4.78, 5) is 24.2. The molecule has 0 spiro atoms. The van der Waals surface area contributed by atoms with Gasteiger partial charge in [0, 0.05) is 13.6 Å². The Morgan fingerprint density at radius 2 is 1.73 bits per heavy atom. The van der Waals surface area contributed by atoms with E-state index in [4.69, 9.17) is 0 Å². The number of rotatable bonds is 6. The van der Waals surface area contributed by atoms with E-state index in [1.165, 1.54) is 19.2 Å². The number of amides is 2. The average molecular weight is 317 g/mol. The number of carbonyl (C=O) groups is 2. The molecule has 0 atom stereocenters. The molecular formula is C14H18F3N3O2. The number of halogens is 3. The maximum absolute atomic E-state index is 12.4. The van der Waals surface area contributed by atoms with Gasteiger partial charge in [0.05, 0.1) is 18.7 Å². The van der Waals surface area contributed by atoms with E-state index >= 15 is 0 Å². The second-order valence-corrected chi connectivity index (χ2v) is 4.82. The largest absolute Gasteiger partial charge is 0.416 e.